The summed E-state index contributed by atoms with van der Waals surface area (Å²) in [5, 5.41) is 3.67. The molecule has 1 heterocycles. The molecule has 2 rings (SSSR count). The van der Waals surface area contributed by atoms with E-state index in [0.29, 0.717) is 22.6 Å². The normalized spacial score (nSPS) is 10.2. The predicted octanol–water partition coefficient (Wildman–Crippen LogP) is 3.76. The molecule has 5 heteroatoms. The Morgan fingerprint density at radius 3 is 2.22 bits per heavy atom. The second-order valence-electron chi connectivity index (χ2n) is 3.50. The lowest BCUT2D eigenvalue weighted by Crippen LogP contribution is -2.06. The van der Waals surface area contributed by atoms with Gasteiger partial charge in [0.1, 0.15) is 17.1 Å². The number of ketones is 1. The molecule has 0 bridgehead atoms. The van der Waals surface area contributed by atoms with Crippen LogP contribution in [0, 0.1) is 0 Å². The number of hydrogen-bond acceptors (Lipinski definition) is 4. The van der Waals surface area contributed by atoms with Gasteiger partial charge in [-0.05, 0) is 28.1 Å². The largest absolute Gasteiger partial charge is 0.496 e. The van der Waals surface area contributed by atoms with E-state index in [2.05, 4.69) is 15.9 Å². The molecule has 0 saturated heterocycles. The van der Waals surface area contributed by atoms with Gasteiger partial charge in [-0.2, -0.15) is 11.3 Å². The fraction of sp³-hybridized carbons (Fsp3) is 0.154. The number of carbonyl (C=O) groups is 1. The van der Waals surface area contributed by atoms with Crippen molar-refractivity contribution in [3.8, 4) is 11.5 Å². The summed E-state index contributed by atoms with van der Waals surface area (Å²) in [5.74, 6) is 0.910. The Labute approximate surface area is 117 Å². The summed E-state index contributed by atoms with van der Waals surface area (Å²) in [7, 11) is 3.07. The van der Waals surface area contributed by atoms with Crippen molar-refractivity contribution in [3.05, 3.63) is 44.6 Å². The number of benzene rings is 1. The first kappa shape index (κ1) is 13.1. The number of hydrogen-bond donors (Lipinski definition) is 0. The highest BCUT2D eigenvalue weighted by Gasteiger charge is 2.21. The van der Waals surface area contributed by atoms with Crippen LogP contribution in [0.1, 0.15) is 15.9 Å². The third-order valence-corrected chi connectivity index (χ3v) is 4.22. The van der Waals surface area contributed by atoms with Gasteiger partial charge in [0.15, 0.2) is 0 Å². The molecule has 0 unspecified atom stereocenters. The molecule has 0 aliphatic heterocycles. The van der Waals surface area contributed by atoms with Crippen LogP contribution in [0.15, 0.2) is 33.4 Å². The molecule has 0 amide bonds. The number of ether oxygens (including phenoxy) is 2. The number of thiophene rings is 1. The summed E-state index contributed by atoms with van der Waals surface area (Å²) in [4.78, 5) is 12.5. The van der Waals surface area contributed by atoms with Crippen LogP contribution in [0.5, 0.6) is 11.5 Å². The van der Waals surface area contributed by atoms with E-state index < -0.39 is 0 Å². The van der Waals surface area contributed by atoms with E-state index in [1.165, 1.54) is 25.6 Å². The minimum absolute atomic E-state index is 0.113. The van der Waals surface area contributed by atoms with Gasteiger partial charge >= 0.3 is 0 Å². The van der Waals surface area contributed by atoms with Crippen LogP contribution >= 0.6 is 27.3 Å². The summed E-state index contributed by atoms with van der Waals surface area (Å²) in [6.07, 6.45) is 0. The van der Waals surface area contributed by atoms with Gasteiger partial charge in [0.05, 0.1) is 14.2 Å². The van der Waals surface area contributed by atoms with Crippen molar-refractivity contribution in [3.63, 3.8) is 0 Å². The van der Waals surface area contributed by atoms with Gasteiger partial charge in [-0.25, -0.2) is 0 Å². The minimum atomic E-state index is -0.113. The first-order chi connectivity index (χ1) is 8.69. The molecule has 3 nitrogen and oxygen atoms in total. The first-order valence-corrected chi connectivity index (χ1v) is 6.90. The molecule has 0 N–H and O–H groups in total. The Bertz CT molecular complexity index is 555. The molecule has 0 spiro atoms. The molecule has 0 aliphatic carbocycles. The highest BCUT2D eigenvalue weighted by molar-refractivity contribution is 9.10. The summed E-state index contributed by atoms with van der Waals surface area (Å²) >= 11 is 4.83. The van der Waals surface area contributed by atoms with Gasteiger partial charge in [-0.3, -0.25) is 4.79 Å². The number of carbonyl (C=O) groups excluding carboxylic acids is 1. The Balaban J connectivity index is 2.56. The van der Waals surface area contributed by atoms with E-state index in [1.807, 2.05) is 5.38 Å². The van der Waals surface area contributed by atoms with Gasteiger partial charge in [0, 0.05) is 20.8 Å². The number of rotatable bonds is 4. The van der Waals surface area contributed by atoms with Crippen LogP contribution in [0.4, 0.5) is 0 Å². The Morgan fingerprint density at radius 1 is 1.17 bits per heavy atom. The molecule has 1 aromatic heterocycles. The van der Waals surface area contributed by atoms with Crippen molar-refractivity contribution in [1.82, 2.24) is 0 Å². The maximum Gasteiger partial charge on any atom is 0.202 e. The Hall–Kier alpha value is -1.33. The lowest BCUT2D eigenvalue weighted by atomic mass is 10.0. The van der Waals surface area contributed by atoms with Gasteiger partial charge in [-0.15, -0.1) is 0 Å². The van der Waals surface area contributed by atoms with E-state index in [9.17, 15) is 4.79 Å². The molecular formula is C13H11BrO3S. The van der Waals surface area contributed by atoms with E-state index in [-0.39, 0.29) is 5.78 Å². The molecular weight excluding hydrogens is 316 g/mol. The fourth-order valence-corrected chi connectivity index (χ4v) is 3.11. The Morgan fingerprint density at radius 2 is 1.78 bits per heavy atom. The maximum atomic E-state index is 12.5. The van der Waals surface area contributed by atoms with Gasteiger partial charge in [0.2, 0.25) is 5.78 Å². The molecule has 94 valence electrons. The lowest BCUT2D eigenvalue weighted by Gasteiger charge is -2.11. The second kappa shape index (κ2) is 5.54. The molecule has 0 radical (unpaired) electrons. The van der Waals surface area contributed by atoms with Crippen LogP contribution in [-0.2, 0) is 0 Å². The van der Waals surface area contributed by atoms with Crippen LogP contribution in [0.3, 0.4) is 0 Å². The molecule has 18 heavy (non-hydrogen) atoms. The van der Waals surface area contributed by atoms with E-state index in [1.54, 1.807) is 23.6 Å². The molecule has 0 aliphatic rings. The average Bonchev–Trinajstić information content (AvgIpc) is 2.83. The average molecular weight is 327 g/mol. The zero-order chi connectivity index (χ0) is 13.1. The third-order valence-electron chi connectivity index (χ3n) is 2.51. The van der Waals surface area contributed by atoms with Crippen molar-refractivity contribution in [2.45, 2.75) is 0 Å². The first-order valence-electron chi connectivity index (χ1n) is 5.16. The van der Waals surface area contributed by atoms with Crippen molar-refractivity contribution < 1.29 is 14.3 Å². The van der Waals surface area contributed by atoms with E-state index in [4.69, 9.17) is 9.47 Å². The van der Waals surface area contributed by atoms with Crippen molar-refractivity contribution in [2.24, 2.45) is 0 Å². The zero-order valence-electron chi connectivity index (χ0n) is 9.90. The summed E-state index contributed by atoms with van der Waals surface area (Å²) in [5.41, 5.74) is 1.06. The van der Waals surface area contributed by atoms with Crippen LogP contribution in [0.2, 0.25) is 0 Å². The second-order valence-corrected chi connectivity index (χ2v) is 5.10. The summed E-state index contributed by atoms with van der Waals surface area (Å²) in [6.45, 7) is 0. The highest BCUT2D eigenvalue weighted by atomic mass is 79.9. The van der Waals surface area contributed by atoms with Crippen LogP contribution in [-0.4, -0.2) is 20.0 Å². The molecule has 0 saturated carbocycles. The third kappa shape index (κ3) is 2.28. The molecule has 2 aromatic rings. The smallest absolute Gasteiger partial charge is 0.202 e. The zero-order valence-corrected chi connectivity index (χ0v) is 12.3. The maximum absolute atomic E-state index is 12.5. The lowest BCUT2D eigenvalue weighted by molar-refractivity contribution is 0.103. The SMILES string of the molecule is COc1cccc(OC)c1C(=O)c1cscc1Br. The molecule has 0 atom stereocenters. The standard InChI is InChI=1S/C13H11BrO3S/c1-16-10-4-3-5-11(17-2)12(10)13(15)8-6-18-7-9(8)14/h3-7H,1-2H3. The van der Waals surface area contributed by atoms with E-state index >= 15 is 0 Å². The van der Waals surface area contributed by atoms with Gasteiger partial charge in [0.25, 0.3) is 0 Å². The summed E-state index contributed by atoms with van der Waals surface area (Å²) < 4.78 is 11.3. The van der Waals surface area contributed by atoms with Crippen LogP contribution < -0.4 is 9.47 Å². The van der Waals surface area contributed by atoms with E-state index in [0.717, 1.165) is 4.47 Å². The molecule has 1 aromatic carbocycles. The number of methoxy groups -OCH3 is 2. The predicted molar refractivity (Wildman–Crippen MR) is 75.0 cm³/mol. The van der Waals surface area contributed by atoms with Gasteiger partial charge < -0.3 is 9.47 Å². The quantitative estimate of drug-likeness (QED) is 0.802. The topological polar surface area (TPSA) is 35.5 Å². The van der Waals surface area contributed by atoms with Crippen molar-refractivity contribution in [2.75, 3.05) is 14.2 Å². The highest BCUT2D eigenvalue weighted by Crippen LogP contribution is 2.33. The minimum Gasteiger partial charge on any atom is -0.496 e. The monoisotopic (exact) mass is 326 g/mol. The fourth-order valence-electron chi connectivity index (χ4n) is 1.65. The number of halogens is 1. The van der Waals surface area contributed by atoms with Crippen molar-refractivity contribution >= 4 is 33.0 Å². The summed E-state index contributed by atoms with van der Waals surface area (Å²) in [6, 6.07) is 5.28. The Kier molecular flexibility index (Phi) is 4.04. The molecule has 0 fully saturated rings. The van der Waals surface area contributed by atoms with Gasteiger partial charge in [-0.1, -0.05) is 6.07 Å². The van der Waals surface area contributed by atoms with Crippen molar-refractivity contribution in [1.29, 1.82) is 0 Å². The van der Waals surface area contributed by atoms with Crippen LogP contribution in [0.25, 0.3) is 0 Å².